The maximum absolute atomic E-state index is 10.8. The fourth-order valence-electron chi connectivity index (χ4n) is 1.84. The number of hydrogen-bond donors (Lipinski definition) is 1. The number of aromatic carboxylic acids is 1. The summed E-state index contributed by atoms with van der Waals surface area (Å²) in [7, 11) is 3.50. The highest BCUT2D eigenvalue weighted by atomic mass is 16.5. The van der Waals surface area contributed by atoms with Crippen LogP contribution >= 0.6 is 0 Å². The molecule has 1 aromatic carbocycles. The average Bonchev–Trinajstić information content (AvgIpc) is 2.87. The molecule has 5 heteroatoms. The van der Waals surface area contributed by atoms with Crippen molar-refractivity contribution in [3.8, 4) is 5.75 Å². The molecule has 0 amide bonds. The minimum absolute atomic E-state index is 0.156. The molecule has 2 aromatic rings. The molecule has 0 saturated heterocycles. The van der Waals surface area contributed by atoms with Crippen LogP contribution in [-0.4, -0.2) is 25.2 Å². The van der Waals surface area contributed by atoms with Crippen LogP contribution in [0.25, 0.3) is 0 Å². The van der Waals surface area contributed by atoms with Crippen LogP contribution in [0.15, 0.2) is 41.0 Å². The topological polar surface area (TPSA) is 62.9 Å². The van der Waals surface area contributed by atoms with Crippen LogP contribution in [0.4, 0.5) is 5.69 Å². The summed E-state index contributed by atoms with van der Waals surface area (Å²) >= 11 is 0. The van der Waals surface area contributed by atoms with Gasteiger partial charge in [0.2, 0.25) is 0 Å². The maximum atomic E-state index is 10.8. The van der Waals surface area contributed by atoms with E-state index in [9.17, 15) is 4.79 Å². The maximum Gasteiger partial charge on any atom is 0.338 e. The Hall–Kier alpha value is -2.43. The summed E-state index contributed by atoms with van der Waals surface area (Å²) in [6.45, 7) is 0.466. The van der Waals surface area contributed by atoms with Crippen molar-refractivity contribution in [3.63, 3.8) is 0 Å². The molecule has 0 bridgehead atoms. The molecule has 0 unspecified atom stereocenters. The molecule has 1 aromatic heterocycles. The Bertz CT molecular complexity index is 576. The first-order chi connectivity index (χ1) is 9.11. The predicted octanol–water partition coefficient (Wildman–Crippen LogP) is 2.62. The third-order valence-corrected chi connectivity index (χ3v) is 2.79. The molecule has 0 fully saturated rings. The zero-order valence-electron chi connectivity index (χ0n) is 10.8. The van der Waals surface area contributed by atoms with E-state index in [-0.39, 0.29) is 5.56 Å². The highest BCUT2D eigenvalue weighted by Gasteiger charge is 2.12. The van der Waals surface area contributed by atoms with Gasteiger partial charge in [-0.05, 0) is 18.2 Å². The molecule has 0 radical (unpaired) electrons. The lowest BCUT2D eigenvalue weighted by Gasteiger charge is -2.20. The Labute approximate surface area is 111 Å². The number of benzene rings is 1. The van der Waals surface area contributed by atoms with E-state index in [2.05, 4.69) is 0 Å². The van der Waals surface area contributed by atoms with E-state index in [1.54, 1.807) is 7.11 Å². The number of hydrogen-bond acceptors (Lipinski definition) is 4. The lowest BCUT2D eigenvalue weighted by atomic mass is 10.2. The number of carboxylic acids is 1. The average molecular weight is 261 g/mol. The molecule has 2 rings (SSSR count). The number of anilines is 1. The van der Waals surface area contributed by atoms with Crippen LogP contribution in [-0.2, 0) is 6.54 Å². The normalized spacial score (nSPS) is 10.2. The Balaban J connectivity index is 2.15. The molecule has 0 atom stereocenters. The first-order valence-electron chi connectivity index (χ1n) is 5.76. The van der Waals surface area contributed by atoms with Crippen LogP contribution in [0.2, 0.25) is 0 Å². The van der Waals surface area contributed by atoms with E-state index in [0.29, 0.717) is 12.3 Å². The molecular formula is C14H15NO4. The standard InChI is InChI=1S/C14H15NO4/c1-15(12-5-3-4-6-13(12)18-2)8-11-7-10(9-19-11)14(16)17/h3-7,9H,8H2,1-2H3,(H,16,17). The number of carbonyl (C=O) groups is 1. The fourth-order valence-corrected chi connectivity index (χ4v) is 1.84. The van der Waals surface area contributed by atoms with Gasteiger partial charge in [0.25, 0.3) is 0 Å². The fraction of sp³-hybridized carbons (Fsp3) is 0.214. The number of methoxy groups -OCH3 is 1. The quantitative estimate of drug-likeness (QED) is 0.896. The first-order valence-corrected chi connectivity index (χ1v) is 5.76. The van der Waals surface area contributed by atoms with Crippen LogP contribution in [0.1, 0.15) is 16.1 Å². The molecule has 100 valence electrons. The van der Waals surface area contributed by atoms with Gasteiger partial charge in [0.1, 0.15) is 17.8 Å². The van der Waals surface area contributed by atoms with Gasteiger partial charge in [-0.25, -0.2) is 4.79 Å². The van der Waals surface area contributed by atoms with Crippen molar-refractivity contribution in [3.05, 3.63) is 47.9 Å². The van der Waals surface area contributed by atoms with Gasteiger partial charge in [0.05, 0.1) is 24.9 Å². The highest BCUT2D eigenvalue weighted by molar-refractivity contribution is 5.87. The zero-order chi connectivity index (χ0) is 13.8. The minimum Gasteiger partial charge on any atom is -0.495 e. The third-order valence-electron chi connectivity index (χ3n) is 2.79. The van der Waals surface area contributed by atoms with Gasteiger partial charge in [-0.15, -0.1) is 0 Å². The molecule has 0 aliphatic rings. The first kappa shape index (κ1) is 13.0. The van der Waals surface area contributed by atoms with Gasteiger partial charge >= 0.3 is 5.97 Å². The monoisotopic (exact) mass is 261 g/mol. The molecule has 1 N–H and O–H groups in total. The van der Waals surface area contributed by atoms with Crippen molar-refractivity contribution < 1.29 is 19.1 Å². The summed E-state index contributed by atoms with van der Waals surface area (Å²) in [5, 5.41) is 8.84. The van der Waals surface area contributed by atoms with Gasteiger partial charge in [0, 0.05) is 7.05 Å². The lowest BCUT2D eigenvalue weighted by molar-refractivity contribution is 0.0696. The predicted molar refractivity (Wildman–Crippen MR) is 70.8 cm³/mol. The lowest BCUT2D eigenvalue weighted by Crippen LogP contribution is -2.16. The number of carboxylic acid groups (broad SMARTS) is 1. The second-order valence-electron chi connectivity index (χ2n) is 4.13. The van der Waals surface area contributed by atoms with Crippen molar-refractivity contribution >= 4 is 11.7 Å². The SMILES string of the molecule is COc1ccccc1N(C)Cc1cc(C(=O)O)co1. The molecule has 0 aliphatic heterocycles. The molecule has 0 saturated carbocycles. The largest absolute Gasteiger partial charge is 0.495 e. The van der Waals surface area contributed by atoms with Crippen LogP contribution < -0.4 is 9.64 Å². The summed E-state index contributed by atoms with van der Waals surface area (Å²) < 4.78 is 10.5. The molecule has 5 nitrogen and oxygen atoms in total. The summed E-state index contributed by atoms with van der Waals surface area (Å²) in [6, 6.07) is 9.13. The van der Waals surface area contributed by atoms with Gasteiger partial charge in [-0.2, -0.15) is 0 Å². The Morgan fingerprint density at radius 3 is 2.79 bits per heavy atom. The summed E-state index contributed by atoms with van der Waals surface area (Å²) in [4.78, 5) is 12.7. The van der Waals surface area contributed by atoms with E-state index >= 15 is 0 Å². The highest BCUT2D eigenvalue weighted by Crippen LogP contribution is 2.27. The molecule has 19 heavy (non-hydrogen) atoms. The van der Waals surface area contributed by atoms with Crippen LogP contribution in [0, 0.1) is 0 Å². The Morgan fingerprint density at radius 2 is 2.16 bits per heavy atom. The van der Waals surface area contributed by atoms with Crippen LogP contribution in [0.5, 0.6) is 5.75 Å². The number of furan rings is 1. The minimum atomic E-state index is -0.991. The van der Waals surface area contributed by atoms with Crippen molar-refractivity contribution in [2.45, 2.75) is 6.54 Å². The van der Waals surface area contributed by atoms with Crippen LogP contribution in [0.3, 0.4) is 0 Å². The van der Waals surface area contributed by atoms with Gasteiger partial charge in [-0.1, -0.05) is 12.1 Å². The molecular weight excluding hydrogens is 246 g/mol. The van der Waals surface area contributed by atoms with E-state index in [1.807, 2.05) is 36.2 Å². The second-order valence-corrected chi connectivity index (χ2v) is 4.13. The summed E-state index contributed by atoms with van der Waals surface area (Å²) in [5.74, 6) is 0.357. The zero-order valence-corrected chi connectivity index (χ0v) is 10.8. The Morgan fingerprint density at radius 1 is 1.42 bits per heavy atom. The molecule has 0 aliphatic carbocycles. The van der Waals surface area contributed by atoms with Gasteiger partial charge in [-0.3, -0.25) is 0 Å². The van der Waals surface area contributed by atoms with Crippen molar-refractivity contribution in [1.82, 2.24) is 0 Å². The smallest absolute Gasteiger partial charge is 0.338 e. The number of para-hydroxylation sites is 2. The third kappa shape index (κ3) is 2.88. The summed E-state index contributed by atoms with van der Waals surface area (Å²) in [6.07, 6.45) is 1.24. The van der Waals surface area contributed by atoms with Gasteiger partial charge in [0.15, 0.2) is 0 Å². The van der Waals surface area contributed by atoms with E-state index in [4.69, 9.17) is 14.3 Å². The van der Waals surface area contributed by atoms with E-state index < -0.39 is 5.97 Å². The van der Waals surface area contributed by atoms with Crippen molar-refractivity contribution in [2.75, 3.05) is 19.1 Å². The van der Waals surface area contributed by atoms with Gasteiger partial charge < -0.3 is 19.2 Å². The second kappa shape index (κ2) is 5.48. The number of rotatable bonds is 5. The number of ether oxygens (including phenoxy) is 1. The van der Waals surface area contributed by atoms with Crippen molar-refractivity contribution in [1.29, 1.82) is 0 Å². The summed E-state index contributed by atoms with van der Waals surface area (Å²) in [5.41, 5.74) is 1.07. The van der Waals surface area contributed by atoms with E-state index in [1.165, 1.54) is 12.3 Å². The number of nitrogens with zero attached hydrogens (tertiary/aromatic N) is 1. The van der Waals surface area contributed by atoms with E-state index in [0.717, 1.165) is 11.4 Å². The van der Waals surface area contributed by atoms with Crippen molar-refractivity contribution in [2.24, 2.45) is 0 Å². The molecule has 0 spiro atoms. The Kier molecular flexibility index (Phi) is 3.75. The molecule has 1 heterocycles.